The summed E-state index contributed by atoms with van der Waals surface area (Å²) in [7, 11) is 0. The van der Waals surface area contributed by atoms with E-state index in [1.165, 1.54) is 209 Å². The molecule has 4 aliphatic rings. The molecular formula is C138H90F2N4O4. The van der Waals surface area contributed by atoms with Crippen molar-refractivity contribution in [1.82, 2.24) is 18.3 Å². The molecule has 10 heteroatoms. The first-order chi connectivity index (χ1) is 72.4. The Labute approximate surface area is 847 Å². The lowest BCUT2D eigenvalue weighted by molar-refractivity contribution is 0.0481. The summed E-state index contributed by atoms with van der Waals surface area (Å²) in [4.78, 5) is 0. The van der Waals surface area contributed by atoms with Gasteiger partial charge in [0.2, 0.25) is 0 Å². The van der Waals surface area contributed by atoms with E-state index in [4.69, 9.17) is 17.7 Å². The minimum Gasteiger partial charge on any atom is -0.456 e. The van der Waals surface area contributed by atoms with Crippen molar-refractivity contribution in [3.05, 3.63) is 481 Å². The highest BCUT2D eigenvalue weighted by Gasteiger charge is 2.47. The molecule has 0 saturated heterocycles. The highest BCUT2D eigenvalue weighted by atomic mass is 19.3. The first kappa shape index (κ1) is 84.2. The van der Waals surface area contributed by atoms with Crippen molar-refractivity contribution < 1.29 is 26.4 Å². The van der Waals surface area contributed by atoms with Crippen LogP contribution in [0.15, 0.2) is 454 Å². The first-order valence-electron chi connectivity index (χ1n) is 51.0. The van der Waals surface area contributed by atoms with Crippen LogP contribution in [0.4, 0.5) is 8.78 Å². The van der Waals surface area contributed by atoms with Crippen molar-refractivity contribution in [2.45, 2.75) is 63.7 Å². The lowest BCUT2D eigenvalue weighted by Gasteiger charge is -2.22. The zero-order valence-electron chi connectivity index (χ0n) is 81.7. The summed E-state index contributed by atoms with van der Waals surface area (Å²) in [5.74, 6) is -3.12. The van der Waals surface area contributed by atoms with Gasteiger partial charge in [0.25, 0.3) is 5.92 Å². The molecule has 30 aromatic rings. The number of fused-ring (bicyclic) bond motifs is 35. The van der Waals surface area contributed by atoms with Crippen LogP contribution in [0.3, 0.4) is 0 Å². The van der Waals surface area contributed by atoms with Crippen molar-refractivity contribution in [1.29, 1.82) is 0 Å². The van der Waals surface area contributed by atoms with Crippen molar-refractivity contribution in [3.8, 4) is 67.3 Å². The van der Waals surface area contributed by atoms with Crippen molar-refractivity contribution in [2.24, 2.45) is 0 Å². The Hall–Kier alpha value is -18.4. The third kappa shape index (κ3) is 11.8. The van der Waals surface area contributed by atoms with Gasteiger partial charge in [-0.25, -0.2) is 0 Å². The predicted molar refractivity (Wildman–Crippen MR) is 608 cm³/mol. The monoisotopic (exact) mass is 1900 g/mol. The molecule has 0 radical (unpaired) electrons. The zero-order valence-corrected chi connectivity index (χ0v) is 81.7. The maximum Gasteiger partial charge on any atom is 0.299 e. The first-order valence-corrected chi connectivity index (χ1v) is 51.0. The van der Waals surface area contributed by atoms with Crippen molar-refractivity contribution >= 4 is 197 Å². The Kier molecular flexibility index (Phi) is 17.4. The van der Waals surface area contributed by atoms with Crippen LogP contribution in [0.5, 0.6) is 0 Å². The molecule has 700 valence electrons. The molecule has 0 atom stereocenters. The van der Waals surface area contributed by atoms with Gasteiger partial charge in [0.1, 0.15) is 44.7 Å². The highest BCUT2D eigenvalue weighted by molar-refractivity contribution is 6.33. The summed E-state index contributed by atoms with van der Waals surface area (Å²) in [5, 5.41) is 24.1. The fourth-order valence-electron chi connectivity index (χ4n) is 26.2. The molecule has 148 heavy (non-hydrogen) atoms. The number of hydrogen-bond acceptors (Lipinski definition) is 4. The molecule has 0 unspecified atom stereocenters. The third-order valence-corrected chi connectivity index (χ3v) is 33.2. The zero-order chi connectivity index (χ0) is 98.4. The van der Waals surface area contributed by atoms with Gasteiger partial charge >= 0.3 is 0 Å². The maximum absolute atomic E-state index is 16.0. The molecule has 0 N–H and O–H groups in total. The SMILES string of the molecule is CC1(C)c2cc3oc4ccccc4c3c3ccc4c(c1cc1c4c4ccccc4n1-c1ccccc1)c23.CC1(C)c2cc3oc4ccccc4c3cc2-c2cc3c4cc(-c5ccccc5)ccc4n(-c4ccccc4)c3cc21.CC1(C)c2cc3oc4ccccc4c3cc2-c2cc3c4ccccc4n(-c4ccccc4)c3cc21.FC1(F)c2cc3oc4ccccc4c3cc2-c2cc3c4ccccc4n(-c4ccccc4)c3cc21. The van der Waals surface area contributed by atoms with Crippen LogP contribution in [-0.4, -0.2) is 18.3 Å². The average Bonchev–Trinajstić information content (AvgIpc) is 1.54. The Morgan fingerprint density at radius 3 is 0.885 bits per heavy atom. The number of furan rings is 4. The van der Waals surface area contributed by atoms with Crippen molar-refractivity contribution in [2.75, 3.05) is 0 Å². The van der Waals surface area contributed by atoms with Gasteiger partial charge in [-0.2, -0.15) is 8.78 Å². The largest absolute Gasteiger partial charge is 0.456 e. The summed E-state index contributed by atoms with van der Waals surface area (Å²) < 4.78 is 66.2. The molecule has 0 amide bonds. The van der Waals surface area contributed by atoms with E-state index in [0.717, 1.165) is 71.8 Å². The van der Waals surface area contributed by atoms with Gasteiger partial charge in [-0.3, -0.25) is 0 Å². The number of nitrogens with zero attached hydrogens (tertiary/aromatic N) is 4. The van der Waals surface area contributed by atoms with Crippen LogP contribution in [0.25, 0.3) is 264 Å². The fourth-order valence-corrected chi connectivity index (χ4v) is 26.2. The minimum absolute atomic E-state index is 0.00211. The van der Waals surface area contributed by atoms with Gasteiger partial charge in [-0.1, -0.05) is 290 Å². The second kappa shape index (κ2) is 30.6. The summed E-state index contributed by atoms with van der Waals surface area (Å²) >= 11 is 0. The van der Waals surface area contributed by atoms with Crippen molar-refractivity contribution in [3.63, 3.8) is 0 Å². The molecule has 8 heterocycles. The summed E-state index contributed by atoms with van der Waals surface area (Å²) in [6.07, 6.45) is 0. The lowest BCUT2D eigenvalue weighted by atomic mass is 9.81. The number of aromatic nitrogens is 4. The van der Waals surface area contributed by atoms with E-state index in [0.29, 0.717) is 22.3 Å². The third-order valence-electron chi connectivity index (χ3n) is 33.2. The average molecular weight is 1910 g/mol. The molecule has 0 saturated carbocycles. The van der Waals surface area contributed by atoms with Gasteiger partial charge in [0.05, 0.1) is 44.1 Å². The van der Waals surface area contributed by atoms with Crippen LogP contribution >= 0.6 is 0 Å². The van der Waals surface area contributed by atoms with Crippen LogP contribution in [0, 0.1) is 0 Å². The maximum atomic E-state index is 16.0. The van der Waals surface area contributed by atoms with E-state index >= 15 is 8.78 Å². The van der Waals surface area contributed by atoms with Gasteiger partial charge in [-0.05, 0) is 287 Å². The minimum atomic E-state index is -3.12. The summed E-state index contributed by atoms with van der Waals surface area (Å²) in [6, 6.07) is 154. The van der Waals surface area contributed by atoms with Crippen LogP contribution < -0.4 is 0 Å². The second-order valence-electron chi connectivity index (χ2n) is 42.1. The van der Waals surface area contributed by atoms with Crippen LogP contribution in [-0.2, 0) is 22.2 Å². The molecule has 8 nitrogen and oxygen atoms in total. The highest BCUT2D eigenvalue weighted by Crippen LogP contribution is 2.61. The summed E-state index contributed by atoms with van der Waals surface area (Å²) in [6.45, 7) is 14.1. The smallest absolute Gasteiger partial charge is 0.299 e. The van der Waals surface area contributed by atoms with Gasteiger partial charge in [0.15, 0.2) is 0 Å². The van der Waals surface area contributed by atoms with E-state index in [1.54, 1.807) is 6.07 Å². The van der Waals surface area contributed by atoms with Gasteiger partial charge in [-0.15, -0.1) is 0 Å². The van der Waals surface area contributed by atoms with Gasteiger partial charge in [0, 0.05) is 136 Å². The number of rotatable bonds is 5. The predicted octanol–water partition coefficient (Wildman–Crippen LogP) is 38.1. The Morgan fingerprint density at radius 1 is 0.162 bits per heavy atom. The van der Waals surface area contributed by atoms with E-state index in [2.05, 4.69) is 387 Å². The van der Waals surface area contributed by atoms with E-state index in [-0.39, 0.29) is 27.4 Å². The quantitative estimate of drug-likeness (QED) is 0.161. The summed E-state index contributed by atoms with van der Waals surface area (Å²) in [5.41, 5.74) is 37.4. The number of para-hydroxylation sites is 11. The fraction of sp³-hybridized carbons (Fsp3) is 0.0725. The molecule has 0 aliphatic heterocycles. The molecule has 0 spiro atoms. The number of hydrogen-bond donors (Lipinski definition) is 0. The molecule has 34 rings (SSSR count). The molecular weight excluding hydrogens is 1820 g/mol. The second-order valence-corrected chi connectivity index (χ2v) is 42.1. The molecule has 0 fully saturated rings. The molecule has 0 bridgehead atoms. The molecule has 4 aliphatic carbocycles. The standard InChI is InChI=1S/C39H27NO.C35H23NO.C33H23NO.C31H17F2NO/c1-39(2)33-22-36-31(20-28(33)29-21-32-27-15-9-10-16-37(27)41-38(32)23-34(29)39)30-19-25(24-11-5-3-6-12-24)17-18-35(30)40(36)26-13-7-4-8-14-26;1-35(2)25-18-28-31(21-12-6-8-14-27(21)36(28)20-10-4-3-5-11-20)23-16-17-24-32-22-13-7-9-15-29(22)37-30(32)19-26(35)34(24)33(23)25;1-33(2)27-18-30-25(21-12-6-8-14-29(21)34(30)20-10-4-3-5-11-20)16-23(27)24-17-26-22-13-7-9-15-31(22)35-32(26)19-28(24)33;32-31(33)25-16-28-23(19-10-4-6-12-27(19)34(28)18-8-2-1-3-9-18)14-21(25)22-15-24-20-11-5-7-13-29(20)35-30(24)17-26(22)31/h3-23H,1-2H3;3-19H,1-2H3;3-19H,1-2H3;1-17H. The number of halogens is 2. The molecule has 8 aromatic heterocycles. The number of benzene rings is 22. The number of alkyl halides is 2. The molecule has 22 aromatic carbocycles. The lowest BCUT2D eigenvalue weighted by Crippen LogP contribution is -2.15. The normalized spacial score (nSPS) is 14.2. The van der Waals surface area contributed by atoms with E-state index < -0.39 is 5.92 Å². The van der Waals surface area contributed by atoms with E-state index in [9.17, 15) is 0 Å². The Balaban J connectivity index is 0.0000000894. The topological polar surface area (TPSA) is 72.3 Å². The Bertz CT molecular complexity index is 10700. The van der Waals surface area contributed by atoms with E-state index in [1.807, 2.05) is 97.1 Å². The van der Waals surface area contributed by atoms with Crippen LogP contribution in [0.2, 0.25) is 0 Å². The van der Waals surface area contributed by atoms with Gasteiger partial charge < -0.3 is 35.9 Å². The Morgan fingerprint density at radius 2 is 0.439 bits per heavy atom. The van der Waals surface area contributed by atoms with Crippen LogP contribution in [0.1, 0.15) is 86.1 Å².